The van der Waals surface area contributed by atoms with Crippen molar-refractivity contribution in [3.8, 4) is 28.2 Å². The molecule has 40 heavy (non-hydrogen) atoms. The van der Waals surface area contributed by atoms with Gasteiger partial charge in [-0.05, 0) is 75.2 Å². The Kier molecular flexibility index (Phi) is 5.82. The summed E-state index contributed by atoms with van der Waals surface area (Å²) in [6.07, 6.45) is 1.87. The first-order valence-corrected chi connectivity index (χ1v) is 14.1. The van der Waals surface area contributed by atoms with Crippen LogP contribution in [0.15, 0.2) is 114 Å². The number of rotatable bonds is 5. The summed E-state index contributed by atoms with van der Waals surface area (Å²) in [6, 6.07) is 36.8. The first-order chi connectivity index (χ1) is 19.5. The molecule has 2 heterocycles. The molecule has 3 nitrogen and oxygen atoms in total. The number of nitrogens with zero attached hydrogens (tertiary/aromatic N) is 2. The lowest BCUT2D eigenvalue weighted by molar-refractivity contribution is 0.616. The molecular weight excluding hydrogens is 488 g/mol. The molecule has 0 saturated carbocycles. The first-order valence-electron chi connectivity index (χ1n) is 14.1. The van der Waals surface area contributed by atoms with Crippen molar-refractivity contribution in [1.29, 1.82) is 0 Å². The van der Waals surface area contributed by atoms with E-state index in [0.717, 1.165) is 39.0 Å². The fourth-order valence-corrected chi connectivity index (χ4v) is 5.95. The third-order valence-corrected chi connectivity index (χ3v) is 8.02. The third-order valence-electron chi connectivity index (χ3n) is 8.02. The van der Waals surface area contributed by atoms with Gasteiger partial charge in [-0.3, -0.25) is 4.57 Å². The quantitative estimate of drug-likeness (QED) is 0.226. The van der Waals surface area contributed by atoms with Crippen molar-refractivity contribution in [3.05, 3.63) is 121 Å². The molecule has 3 heteroatoms. The summed E-state index contributed by atoms with van der Waals surface area (Å²) in [5.41, 5.74) is 10.2. The minimum atomic E-state index is 0.364. The van der Waals surface area contributed by atoms with Crippen LogP contribution in [0.5, 0.6) is 0 Å². The van der Waals surface area contributed by atoms with Gasteiger partial charge in [0.2, 0.25) is 0 Å². The van der Waals surface area contributed by atoms with Crippen LogP contribution in [0.3, 0.4) is 0 Å². The molecule has 0 bridgehead atoms. The molecule has 0 amide bonds. The van der Waals surface area contributed by atoms with E-state index in [0.29, 0.717) is 11.8 Å². The highest BCUT2D eigenvalue weighted by atomic mass is 16.3. The van der Waals surface area contributed by atoms with Crippen LogP contribution in [0.4, 0.5) is 0 Å². The Hall–Kier alpha value is -4.63. The van der Waals surface area contributed by atoms with Crippen LogP contribution in [0, 0.1) is 0 Å². The molecule has 7 rings (SSSR count). The number of benzene rings is 5. The predicted octanol–water partition coefficient (Wildman–Crippen LogP) is 10.5. The summed E-state index contributed by atoms with van der Waals surface area (Å²) in [7, 11) is 0. The van der Waals surface area contributed by atoms with Gasteiger partial charge in [-0.1, -0.05) is 100 Å². The van der Waals surface area contributed by atoms with Crippen molar-refractivity contribution in [2.24, 2.45) is 0 Å². The zero-order valence-corrected chi connectivity index (χ0v) is 23.3. The van der Waals surface area contributed by atoms with Gasteiger partial charge < -0.3 is 4.42 Å². The molecule has 0 radical (unpaired) electrons. The summed E-state index contributed by atoms with van der Waals surface area (Å²) >= 11 is 0. The topological polar surface area (TPSA) is 31.0 Å². The van der Waals surface area contributed by atoms with E-state index in [1.54, 1.807) is 0 Å². The van der Waals surface area contributed by atoms with E-state index in [2.05, 4.69) is 135 Å². The van der Waals surface area contributed by atoms with Crippen molar-refractivity contribution < 1.29 is 4.42 Å². The molecule has 0 N–H and O–H groups in total. The number of aromatic nitrogens is 2. The second kappa shape index (κ2) is 9.53. The van der Waals surface area contributed by atoms with E-state index < -0.39 is 0 Å². The number of imidazole rings is 1. The number of furan rings is 1. The zero-order chi connectivity index (χ0) is 27.4. The fraction of sp³-hybridized carbons (Fsp3) is 0.162. The number of para-hydroxylation sites is 3. The van der Waals surface area contributed by atoms with Crippen LogP contribution < -0.4 is 0 Å². The second-order valence-corrected chi connectivity index (χ2v) is 11.3. The molecule has 0 atom stereocenters. The molecule has 2 aromatic heterocycles. The summed E-state index contributed by atoms with van der Waals surface area (Å²) < 4.78 is 8.52. The van der Waals surface area contributed by atoms with Crippen LogP contribution in [0.25, 0.3) is 61.0 Å². The van der Waals surface area contributed by atoms with E-state index in [1.165, 1.54) is 33.2 Å². The third kappa shape index (κ3) is 3.93. The van der Waals surface area contributed by atoms with Gasteiger partial charge in [-0.25, -0.2) is 4.98 Å². The average molecular weight is 521 g/mol. The van der Waals surface area contributed by atoms with Gasteiger partial charge in [0.05, 0.1) is 22.3 Å². The van der Waals surface area contributed by atoms with E-state index in [4.69, 9.17) is 9.40 Å². The van der Waals surface area contributed by atoms with Crippen LogP contribution in [-0.4, -0.2) is 9.55 Å². The predicted molar refractivity (Wildman–Crippen MR) is 167 cm³/mol. The summed E-state index contributed by atoms with van der Waals surface area (Å²) in [4.78, 5) is 5.23. The molecule has 196 valence electrons. The Morgan fingerprint density at radius 2 is 1.32 bits per heavy atom. The summed E-state index contributed by atoms with van der Waals surface area (Å²) in [5, 5.41) is 3.55. The van der Waals surface area contributed by atoms with Gasteiger partial charge in [0.1, 0.15) is 17.7 Å². The van der Waals surface area contributed by atoms with Gasteiger partial charge in [0.15, 0.2) is 0 Å². The molecule has 0 spiro atoms. The summed E-state index contributed by atoms with van der Waals surface area (Å²) in [6.45, 7) is 9.07. The smallest absolute Gasteiger partial charge is 0.149 e. The standard InChI is InChI=1S/C37H32N2O/c1-23(2)29-12-9-13-30(24(3)4)36(29)39-34-15-8-7-14-33(34)38-37(39)32-22-40-35-19-18-28(21-31(32)35)27-17-16-25-10-5-6-11-26(25)20-27/h5-24H,1-4H3. The van der Waals surface area contributed by atoms with E-state index in [-0.39, 0.29) is 0 Å². The molecule has 7 aromatic rings. The zero-order valence-electron chi connectivity index (χ0n) is 23.3. The number of hydrogen-bond donors (Lipinski definition) is 0. The van der Waals surface area contributed by atoms with Gasteiger partial charge in [-0.2, -0.15) is 0 Å². The Morgan fingerprint density at radius 3 is 2.10 bits per heavy atom. The van der Waals surface area contributed by atoms with E-state index in [1.807, 2.05) is 6.26 Å². The Morgan fingerprint density at radius 1 is 0.650 bits per heavy atom. The van der Waals surface area contributed by atoms with Crippen LogP contribution in [0.2, 0.25) is 0 Å². The lowest BCUT2D eigenvalue weighted by Crippen LogP contribution is -2.08. The molecule has 5 aromatic carbocycles. The maximum absolute atomic E-state index is 6.15. The van der Waals surface area contributed by atoms with E-state index >= 15 is 0 Å². The summed E-state index contributed by atoms with van der Waals surface area (Å²) in [5.74, 6) is 1.64. The SMILES string of the molecule is CC(C)c1cccc(C(C)C)c1-n1c(-c2coc3ccc(-c4ccc5ccccc5c4)cc23)nc2ccccc21. The van der Waals surface area contributed by atoms with Crippen LogP contribution in [-0.2, 0) is 0 Å². The normalized spacial score (nSPS) is 11.9. The molecule has 0 unspecified atom stereocenters. The molecule has 0 aliphatic carbocycles. The van der Waals surface area contributed by atoms with Crippen molar-refractivity contribution in [2.75, 3.05) is 0 Å². The van der Waals surface area contributed by atoms with Crippen molar-refractivity contribution in [2.45, 2.75) is 39.5 Å². The molecule has 0 aliphatic rings. The highest BCUT2D eigenvalue weighted by molar-refractivity contribution is 5.98. The molecular formula is C37H32N2O. The molecule has 0 saturated heterocycles. The van der Waals surface area contributed by atoms with Gasteiger partial charge in [0.25, 0.3) is 0 Å². The van der Waals surface area contributed by atoms with E-state index in [9.17, 15) is 0 Å². The first kappa shape index (κ1) is 24.4. The van der Waals surface area contributed by atoms with Crippen LogP contribution >= 0.6 is 0 Å². The maximum atomic E-state index is 6.15. The van der Waals surface area contributed by atoms with Crippen molar-refractivity contribution >= 4 is 32.8 Å². The highest BCUT2D eigenvalue weighted by Crippen LogP contribution is 2.40. The lowest BCUT2D eigenvalue weighted by atomic mass is 9.92. The van der Waals surface area contributed by atoms with Crippen LogP contribution in [0.1, 0.15) is 50.7 Å². The Bertz CT molecular complexity index is 2000. The van der Waals surface area contributed by atoms with Crippen molar-refractivity contribution in [1.82, 2.24) is 9.55 Å². The highest BCUT2D eigenvalue weighted by Gasteiger charge is 2.24. The number of fused-ring (bicyclic) bond motifs is 3. The molecule has 0 aliphatic heterocycles. The monoisotopic (exact) mass is 520 g/mol. The number of hydrogen-bond acceptors (Lipinski definition) is 2. The fourth-order valence-electron chi connectivity index (χ4n) is 5.95. The minimum absolute atomic E-state index is 0.364. The lowest BCUT2D eigenvalue weighted by Gasteiger charge is -2.22. The second-order valence-electron chi connectivity index (χ2n) is 11.3. The Labute approximate surface area is 234 Å². The minimum Gasteiger partial charge on any atom is -0.464 e. The maximum Gasteiger partial charge on any atom is 0.149 e. The van der Waals surface area contributed by atoms with Gasteiger partial charge in [0, 0.05) is 5.39 Å². The van der Waals surface area contributed by atoms with Gasteiger partial charge >= 0.3 is 0 Å². The molecule has 0 fully saturated rings. The Balaban J connectivity index is 1.50. The largest absolute Gasteiger partial charge is 0.464 e. The average Bonchev–Trinajstić information content (AvgIpc) is 3.57. The van der Waals surface area contributed by atoms with Gasteiger partial charge in [-0.15, -0.1) is 0 Å². The van der Waals surface area contributed by atoms with Crippen molar-refractivity contribution in [3.63, 3.8) is 0 Å².